The van der Waals surface area contributed by atoms with Crippen LogP contribution in [0, 0.1) is 11.6 Å². The van der Waals surface area contributed by atoms with Crippen LogP contribution in [-0.2, 0) is 10.3 Å². The number of rotatable bonds is 3. The number of methoxy groups -OCH3 is 1. The Kier molecular flexibility index (Phi) is 3.65. The first-order valence-electron chi connectivity index (χ1n) is 4.35. The lowest BCUT2D eigenvalue weighted by Gasteiger charge is -2.28. The van der Waals surface area contributed by atoms with E-state index in [1.54, 1.807) is 6.92 Å². The second-order valence-electron chi connectivity index (χ2n) is 3.36. The number of ether oxygens (including phenoxy) is 1. The summed E-state index contributed by atoms with van der Waals surface area (Å²) in [6.45, 7) is 1.56. The second-order valence-corrected chi connectivity index (χ2v) is 3.74. The fourth-order valence-electron chi connectivity index (χ4n) is 1.30. The molecule has 1 atom stereocenters. The predicted molar refractivity (Wildman–Crippen MR) is 54.8 cm³/mol. The van der Waals surface area contributed by atoms with E-state index >= 15 is 0 Å². The van der Waals surface area contributed by atoms with Gasteiger partial charge in [-0.2, -0.15) is 0 Å². The largest absolute Gasteiger partial charge is 0.372 e. The summed E-state index contributed by atoms with van der Waals surface area (Å²) < 4.78 is 31.8. The molecule has 0 saturated heterocycles. The minimum atomic E-state index is -1.12. The smallest absolute Gasteiger partial charge is 0.142 e. The zero-order valence-corrected chi connectivity index (χ0v) is 9.24. The van der Waals surface area contributed by atoms with Crippen LogP contribution in [0.1, 0.15) is 12.5 Å². The maximum atomic E-state index is 13.5. The molecule has 0 radical (unpaired) electrons. The SMILES string of the molecule is COC(C)(CN)c1c(F)ccc(F)c1Cl. The van der Waals surface area contributed by atoms with Gasteiger partial charge in [0.25, 0.3) is 0 Å². The number of halogens is 3. The van der Waals surface area contributed by atoms with Crippen molar-refractivity contribution in [3.05, 3.63) is 34.4 Å². The summed E-state index contributed by atoms with van der Waals surface area (Å²) in [5.41, 5.74) is 4.30. The summed E-state index contributed by atoms with van der Waals surface area (Å²) >= 11 is 5.69. The summed E-state index contributed by atoms with van der Waals surface area (Å²) in [6, 6.07) is 1.97. The molecule has 0 aliphatic carbocycles. The number of benzene rings is 1. The highest BCUT2D eigenvalue weighted by atomic mass is 35.5. The van der Waals surface area contributed by atoms with E-state index in [0.29, 0.717) is 0 Å². The van der Waals surface area contributed by atoms with Gasteiger partial charge >= 0.3 is 0 Å². The number of nitrogens with two attached hydrogens (primary N) is 1. The van der Waals surface area contributed by atoms with Crippen molar-refractivity contribution in [2.75, 3.05) is 13.7 Å². The highest BCUT2D eigenvalue weighted by molar-refractivity contribution is 6.31. The Hall–Kier alpha value is -0.710. The third kappa shape index (κ3) is 2.12. The maximum Gasteiger partial charge on any atom is 0.142 e. The fourth-order valence-corrected chi connectivity index (χ4v) is 1.65. The van der Waals surface area contributed by atoms with Gasteiger partial charge < -0.3 is 10.5 Å². The first-order chi connectivity index (χ1) is 6.96. The molecule has 1 unspecified atom stereocenters. The van der Waals surface area contributed by atoms with Gasteiger partial charge in [0.15, 0.2) is 0 Å². The summed E-state index contributed by atoms with van der Waals surface area (Å²) in [5.74, 6) is -1.32. The Morgan fingerprint density at radius 1 is 1.40 bits per heavy atom. The minimum Gasteiger partial charge on any atom is -0.372 e. The molecule has 0 aliphatic heterocycles. The maximum absolute atomic E-state index is 13.5. The number of hydrogen-bond acceptors (Lipinski definition) is 2. The summed E-state index contributed by atoms with van der Waals surface area (Å²) in [7, 11) is 1.37. The van der Waals surface area contributed by atoms with Gasteiger partial charge in [-0.1, -0.05) is 11.6 Å². The monoisotopic (exact) mass is 235 g/mol. The molecular formula is C10H12ClF2NO. The topological polar surface area (TPSA) is 35.2 Å². The van der Waals surface area contributed by atoms with E-state index in [2.05, 4.69) is 0 Å². The van der Waals surface area contributed by atoms with Crippen molar-refractivity contribution in [3.8, 4) is 0 Å². The van der Waals surface area contributed by atoms with Crippen LogP contribution in [0.3, 0.4) is 0 Å². The quantitative estimate of drug-likeness (QED) is 0.817. The van der Waals surface area contributed by atoms with Crippen molar-refractivity contribution in [3.63, 3.8) is 0 Å². The molecule has 1 rings (SSSR count). The molecule has 0 aliphatic rings. The summed E-state index contributed by atoms with van der Waals surface area (Å²) in [5, 5.41) is -0.287. The second kappa shape index (κ2) is 4.43. The lowest BCUT2D eigenvalue weighted by molar-refractivity contribution is 0.00701. The van der Waals surface area contributed by atoms with E-state index in [-0.39, 0.29) is 17.1 Å². The van der Waals surface area contributed by atoms with Gasteiger partial charge in [0.05, 0.1) is 5.02 Å². The van der Waals surface area contributed by atoms with Gasteiger partial charge in [0.1, 0.15) is 17.2 Å². The molecule has 0 fully saturated rings. The lowest BCUT2D eigenvalue weighted by atomic mass is 9.95. The first-order valence-corrected chi connectivity index (χ1v) is 4.73. The lowest BCUT2D eigenvalue weighted by Crippen LogP contribution is -2.35. The zero-order chi connectivity index (χ0) is 11.6. The number of hydrogen-bond donors (Lipinski definition) is 1. The fraction of sp³-hybridized carbons (Fsp3) is 0.400. The van der Waals surface area contributed by atoms with Crippen molar-refractivity contribution in [2.45, 2.75) is 12.5 Å². The summed E-state index contributed by atoms with van der Waals surface area (Å²) in [4.78, 5) is 0. The van der Waals surface area contributed by atoms with Crippen LogP contribution in [0.15, 0.2) is 12.1 Å². The summed E-state index contributed by atoms with van der Waals surface area (Å²) in [6.07, 6.45) is 0. The average Bonchev–Trinajstić information content (AvgIpc) is 2.23. The minimum absolute atomic E-state index is 0.00356. The predicted octanol–water partition coefficient (Wildman–Crippen LogP) is 2.44. The average molecular weight is 236 g/mol. The third-order valence-corrected chi connectivity index (χ3v) is 2.78. The molecule has 2 nitrogen and oxygen atoms in total. The van der Waals surface area contributed by atoms with Crippen LogP contribution >= 0.6 is 11.6 Å². The van der Waals surface area contributed by atoms with E-state index < -0.39 is 17.2 Å². The van der Waals surface area contributed by atoms with Crippen molar-refractivity contribution in [1.29, 1.82) is 0 Å². The van der Waals surface area contributed by atoms with Gasteiger partial charge in [-0.05, 0) is 19.1 Å². The molecule has 0 aromatic heterocycles. The highest BCUT2D eigenvalue weighted by Crippen LogP contribution is 2.33. The van der Waals surface area contributed by atoms with Crippen LogP contribution in [0.2, 0.25) is 5.02 Å². The Morgan fingerprint density at radius 3 is 2.40 bits per heavy atom. The van der Waals surface area contributed by atoms with Crippen molar-refractivity contribution < 1.29 is 13.5 Å². The molecule has 0 heterocycles. The van der Waals surface area contributed by atoms with Gasteiger partial charge in [-0.15, -0.1) is 0 Å². The Labute approximate surface area is 92.0 Å². The van der Waals surface area contributed by atoms with Gasteiger partial charge in [-0.25, -0.2) is 8.78 Å². The van der Waals surface area contributed by atoms with Crippen molar-refractivity contribution in [2.24, 2.45) is 5.73 Å². The molecule has 15 heavy (non-hydrogen) atoms. The Morgan fingerprint density at radius 2 is 1.93 bits per heavy atom. The molecule has 2 N–H and O–H groups in total. The van der Waals surface area contributed by atoms with E-state index in [1.807, 2.05) is 0 Å². The Balaban J connectivity index is 3.41. The van der Waals surface area contributed by atoms with E-state index in [1.165, 1.54) is 7.11 Å². The molecule has 5 heteroatoms. The van der Waals surface area contributed by atoms with E-state index in [9.17, 15) is 8.78 Å². The highest BCUT2D eigenvalue weighted by Gasteiger charge is 2.31. The van der Waals surface area contributed by atoms with Crippen molar-refractivity contribution in [1.82, 2.24) is 0 Å². The third-order valence-electron chi connectivity index (χ3n) is 2.41. The Bertz CT molecular complexity index is 367. The zero-order valence-electron chi connectivity index (χ0n) is 8.48. The molecule has 84 valence electrons. The standard InChI is InChI=1S/C10H12ClF2NO/c1-10(5-14,15-2)8-6(12)3-4-7(13)9(8)11/h3-4H,5,14H2,1-2H3. The van der Waals surface area contributed by atoms with Gasteiger partial charge in [-0.3, -0.25) is 0 Å². The van der Waals surface area contributed by atoms with Crippen LogP contribution in [0.25, 0.3) is 0 Å². The molecule has 0 spiro atoms. The molecule has 0 bridgehead atoms. The van der Waals surface area contributed by atoms with Gasteiger partial charge in [0.2, 0.25) is 0 Å². The molecule has 1 aromatic carbocycles. The normalized spacial score (nSPS) is 15.1. The van der Waals surface area contributed by atoms with Crippen LogP contribution in [-0.4, -0.2) is 13.7 Å². The molecule has 0 amide bonds. The van der Waals surface area contributed by atoms with Crippen LogP contribution < -0.4 is 5.73 Å². The van der Waals surface area contributed by atoms with E-state index in [0.717, 1.165) is 12.1 Å². The first kappa shape index (κ1) is 12.4. The van der Waals surface area contributed by atoms with Crippen LogP contribution in [0.5, 0.6) is 0 Å². The molecule has 1 aromatic rings. The van der Waals surface area contributed by atoms with Crippen LogP contribution in [0.4, 0.5) is 8.78 Å². The van der Waals surface area contributed by atoms with Gasteiger partial charge in [0, 0.05) is 19.2 Å². The molecule has 0 saturated carbocycles. The van der Waals surface area contributed by atoms with Crippen molar-refractivity contribution >= 4 is 11.6 Å². The van der Waals surface area contributed by atoms with E-state index in [4.69, 9.17) is 22.1 Å². The molecular weight excluding hydrogens is 224 g/mol.